The Morgan fingerprint density at radius 2 is 1.72 bits per heavy atom. The molecule has 25 heavy (non-hydrogen) atoms. The topological polar surface area (TPSA) is 57.7 Å². The number of benzene rings is 1. The van der Waals surface area contributed by atoms with Crippen LogP contribution in [0.5, 0.6) is 0 Å². The van der Waals surface area contributed by atoms with Gasteiger partial charge in [0, 0.05) is 15.9 Å². The molecule has 2 heterocycles. The van der Waals surface area contributed by atoms with Gasteiger partial charge in [-0.15, -0.1) is 0 Å². The lowest BCUT2D eigenvalue weighted by molar-refractivity contribution is 0.00578. The zero-order valence-electron chi connectivity index (χ0n) is 14.6. The average Bonchev–Trinajstić information content (AvgIpc) is 2.74. The highest BCUT2D eigenvalue weighted by Crippen LogP contribution is 2.37. The molecule has 0 bridgehead atoms. The molecule has 0 spiro atoms. The number of methoxy groups -OCH3 is 1. The Bertz CT molecular complexity index is 853. The molecule has 3 rings (SSSR count). The zero-order valence-corrected chi connectivity index (χ0v) is 16.2. The minimum absolute atomic E-state index is 0.111. The third kappa shape index (κ3) is 3.12. The van der Waals surface area contributed by atoms with E-state index < -0.39 is 24.3 Å². The lowest BCUT2D eigenvalue weighted by Crippen LogP contribution is -2.41. The number of esters is 1. The molecule has 1 saturated heterocycles. The Morgan fingerprint density at radius 3 is 2.28 bits per heavy atom. The number of ether oxygens (including phenoxy) is 1. The van der Waals surface area contributed by atoms with Gasteiger partial charge in [0.05, 0.1) is 28.9 Å². The number of fused-ring (bicyclic) bond motifs is 1. The van der Waals surface area contributed by atoms with E-state index in [2.05, 4.69) is 4.98 Å². The summed E-state index contributed by atoms with van der Waals surface area (Å²) in [6.07, 6.45) is 0. The summed E-state index contributed by atoms with van der Waals surface area (Å²) in [4.78, 5) is 16.3. The molecule has 0 aliphatic carbocycles. The first-order valence-corrected chi connectivity index (χ1v) is 8.55. The van der Waals surface area contributed by atoms with Crippen molar-refractivity contribution in [3.63, 3.8) is 0 Å². The molecule has 0 amide bonds. The van der Waals surface area contributed by atoms with Crippen molar-refractivity contribution in [2.45, 2.75) is 38.9 Å². The van der Waals surface area contributed by atoms with Crippen LogP contribution in [0.2, 0.25) is 10.0 Å². The van der Waals surface area contributed by atoms with Gasteiger partial charge in [-0.1, -0.05) is 23.2 Å². The molecule has 1 aliphatic heterocycles. The SMILES string of the molecule is COC(=O)c1cc(Cl)c2cc(Cl)cc(B3OC(C)(C)C(C)(C)O3)c2n1. The van der Waals surface area contributed by atoms with E-state index in [-0.39, 0.29) is 5.69 Å². The molecule has 1 aliphatic rings. The normalized spacial score (nSPS) is 18.6. The molecule has 0 unspecified atom stereocenters. The maximum Gasteiger partial charge on any atom is 0.497 e. The van der Waals surface area contributed by atoms with Gasteiger partial charge in [0.25, 0.3) is 0 Å². The second kappa shape index (κ2) is 6.13. The van der Waals surface area contributed by atoms with Gasteiger partial charge in [-0.3, -0.25) is 0 Å². The number of halogens is 2. The van der Waals surface area contributed by atoms with Crippen molar-refractivity contribution < 1.29 is 18.8 Å². The Labute approximate surface area is 156 Å². The van der Waals surface area contributed by atoms with Crippen molar-refractivity contribution in [2.24, 2.45) is 0 Å². The van der Waals surface area contributed by atoms with Crippen LogP contribution in [0.1, 0.15) is 38.2 Å². The summed E-state index contributed by atoms with van der Waals surface area (Å²) in [6, 6.07) is 4.87. The number of carbonyl (C=O) groups is 1. The van der Waals surface area contributed by atoms with E-state index in [0.29, 0.717) is 26.4 Å². The van der Waals surface area contributed by atoms with Crippen molar-refractivity contribution in [1.29, 1.82) is 0 Å². The molecular weight excluding hydrogens is 364 g/mol. The highest BCUT2D eigenvalue weighted by atomic mass is 35.5. The third-order valence-electron chi connectivity index (χ3n) is 4.76. The smallest absolute Gasteiger partial charge is 0.464 e. The van der Waals surface area contributed by atoms with Crippen LogP contribution in [0.15, 0.2) is 18.2 Å². The summed E-state index contributed by atoms with van der Waals surface area (Å²) in [5.74, 6) is -0.571. The minimum atomic E-state index is -0.678. The number of carbonyl (C=O) groups excluding carboxylic acids is 1. The fourth-order valence-electron chi connectivity index (χ4n) is 2.64. The molecule has 132 valence electrons. The van der Waals surface area contributed by atoms with E-state index in [4.69, 9.17) is 37.2 Å². The van der Waals surface area contributed by atoms with Crippen molar-refractivity contribution >= 4 is 52.7 Å². The number of nitrogens with zero attached hydrogens (tertiary/aromatic N) is 1. The molecule has 0 saturated carbocycles. The number of hydrogen-bond acceptors (Lipinski definition) is 5. The van der Waals surface area contributed by atoms with Gasteiger partial charge in [-0.05, 0) is 45.9 Å². The second-order valence-corrected chi connectivity index (χ2v) is 7.80. The van der Waals surface area contributed by atoms with Crippen molar-refractivity contribution in [3.05, 3.63) is 33.9 Å². The Kier molecular flexibility index (Phi) is 4.52. The van der Waals surface area contributed by atoms with Crippen molar-refractivity contribution in [2.75, 3.05) is 7.11 Å². The van der Waals surface area contributed by atoms with Gasteiger partial charge in [0.15, 0.2) is 5.69 Å². The van der Waals surface area contributed by atoms with E-state index >= 15 is 0 Å². The molecular formula is C17H18BCl2NO4. The van der Waals surface area contributed by atoms with Gasteiger partial charge in [-0.2, -0.15) is 0 Å². The summed E-state index contributed by atoms with van der Waals surface area (Å²) in [5, 5.41) is 1.45. The van der Waals surface area contributed by atoms with E-state index in [1.54, 1.807) is 12.1 Å². The third-order valence-corrected chi connectivity index (χ3v) is 5.29. The predicted molar refractivity (Wildman–Crippen MR) is 98.8 cm³/mol. The fourth-order valence-corrected chi connectivity index (χ4v) is 3.11. The van der Waals surface area contributed by atoms with Crippen molar-refractivity contribution in [1.82, 2.24) is 4.98 Å². The Morgan fingerprint density at radius 1 is 1.12 bits per heavy atom. The molecule has 8 heteroatoms. The van der Waals surface area contributed by atoms with Crippen LogP contribution in [0, 0.1) is 0 Å². The highest BCUT2D eigenvalue weighted by Gasteiger charge is 2.52. The summed E-state index contributed by atoms with van der Waals surface area (Å²) in [6.45, 7) is 7.83. The van der Waals surface area contributed by atoms with Crippen LogP contribution < -0.4 is 5.46 Å². The molecule has 1 fully saturated rings. The molecule has 1 aromatic heterocycles. The standard InChI is InChI=1S/C17H18BCl2NO4/c1-16(2)17(3,4)25-18(24-16)11-7-9(19)6-10-12(20)8-13(15(22)23-5)21-14(10)11/h6-8H,1-5H3. The molecule has 0 atom stereocenters. The summed E-state index contributed by atoms with van der Waals surface area (Å²) < 4.78 is 16.9. The van der Waals surface area contributed by atoms with Gasteiger partial charge < -0.3 is 14.0 Å². The lowest BCUT2D eigenvalue weighted by atomic mass is 9.77. The number of aromatic nitrogens is 1. The summed E-state index contributed by atoms with van der Waals surface area (Å²) >= 11 is 12.6. The number of pyridine rings is 1. The number of rotatable bonds is 2. The predicted octanol–water partition coefficient (Wildman–Crippen LogP) is 3.63. The van der Waals surface area contributed by atoms with Gasteiger partial charge in [-0.25, -0.2) is 9.78 Å². The number of hydrogen-bond donors (Lipinski definition) is 0. The van der Waals surface area contributed by atoms with Crippen LogP contribution in [-0.4, -0.2) is 36.4 Å². The lowest BCUT2D eigenvalue weighted by Gasteiger charge is -2.32. The van der Waals surface area contributed by atoms with E-state index in [0.717, 1.165) is 0 Å². The first-order chi connectivity index (χ1) is 11.6. The maximum atomic E-state index is 11.9. The van der Waals surface area contributed by atoms with Gasteiger partial charge >= 0.3 is 13.1 Å². The summed E-state index contributed by atoms with van der Waals surface area (Å²) in [5.41, 5.74) is 0.191. The quantitative estimate of drug-likeness (QED) is 0.587. The molecule has 2 aromatic rings. The van der Waals surface area contributed by atoms with E-state index in [9.17, 15) is 4.79 Å². The van der Waals surface area contributed by atoms with Gasteiger partial charge in [0.1, 0.15) is 0 Å². The Hall–Kier alpha value is -1.34. The monoisotopic (exact) mass is 381 g/mol. The maximum absolute atomic E-state index is 11.9. The second-order valence-electron chi connectivity index (χ2n) is 6.96. The van der Waals surface area contributed by atoms with Crippen LogP contribution in [-0.2, 0) is 14.0 Å². The largest absolute Gasteiger partial charge is 0.497 e. The van der Waals surface area contributed by atoms with Crippen molar-refractivity contribution in [3.8, 4) is 0 Å². The fraction of sp³-hybridized carbons (Fsp3) is 0.412. The van der Waals surface area contributed by atoms with Gasteiger partial charge in [0.2, 0.25) is 0 Å². The zero-order chi connectivity index (χ0) is 18.6. The van der Waals surface area contributed by atoms with Crippen LogP contribution in [0.3, 0.4) is 0 Å². The minimum Gasteiger partial charge on any atom is -0.464 e. The highest BCUT2D eigenvalue weighted by molar-refractivity contribution is 6.65. The van der Waals surface area contributed by atoms with Crippen LogP contribution in [0.25, 0.3) is 10.9 Å². The molecule has 5 nitrogen and oxygen atoms in total. The Balaban J connectivity index is 2.21. The first kappa shape index (κ1) is 18.5. The molecule has 1 aromatic carbocycles. The summed E-state index contributed by atoms with van der Waals surface area (Å²) in [7, 11) is 0.613. The first-order valence-electron chi connectivity index (χ1n) is 7.79. The van der Waals surface area contributed by atoms with E-state index in [1.807, 2.05) is 27.7 Å². The average molecular weight is 382 g/mol. The van der Waals surface area contributed by atoms with E-state index in [1.165, 1.54) is 13.2 Å². The van der Waals surface area contributed by atoms with Crippen LogP contribution in [0.4, 0.5) is 0 Å². The molecule has 0 N–H and O–H groups in total. The van der Waals surface area contributed by atoms with Crippen LogP contribution >= 0.6 is 23.2 Å². The molecule has 0 radical (unpaired) electrons.